The number of pyridine rings is 1. The van der Waals surface area contributed by atoms with Crippen molar-refractivity contribution in [2.24, 2.45) is 0 Å². The quantitative estimate of drug-likeness (QED) is 0.674. The summed E-state index contributed by atoms with van der Waals surface area (Å²) in [6, 6.07) is 1.55. The van der Waals surface area contributed by atoms with Crippen LogP contribution in [0.3, 0.4) is 0 Å². The van der Waals surface area contributed by atoms with Crippen molar-refractivity contribution >= 4 is 17.7 Å². The fraction of sp³-hybridized carbons (Fsp3) is 0. The highest BCUT2D eigenvalue weighted by atomic mass is 35.5. The van der Waals surface area contributed by atoms with Crippen LogP contribution in [-0.2, 0) is 0 Å². The summed E-state index contributed by atoms with van der Waals surface area (Å²) < 4.78 is 0. The van der Waals surface area contributed by atoms with Crippen molar-refractivity contribution in [2.75, 3.05) is 0 Å². The van der Waals surface area contributed by atoms with E-state index in [2.05, 4.69) is 11.6 Å². The molecule has 0 radical (unpaired) electrons. The van der Waals surface area contributed by atoms with Crippen molar-refractivity contribution in [3.63, 3.8) is 0 Å². The van der Waals surface area contributed by atoms with E-state index in [-0.39, 0.29) is 5.75 Å². The molecule has 1 N–H and O–H groups in total. The molecule has 0 aliphatic carbocycles. The van der Waals surface area contributed by atoms with Crippen LogP contribution in [0, 0.1) is 0 Å². The number of aromatic nitrogens is 1. The molecule has 0 bridgehead atoms. The Morgan fingerprint density at radius 1 is 1.70 bits per heavy atom. The molecular formula is C7H6ClNO. The Morgan fingerprint density at radius 2 is 2.40 bits per heavy atom. The molecule has 0 saturated heterocycles. The number of hydrogen-bond donors (Lipinski definition) is 1. The van der Waals surface area contributed by atoms with Gasteiger partial charge < -0.3 is 5.11 Å². The van der Waals surface area contributed by atoms with Gasteiger partial charge in [0.05, 0.1) is 16.9 Å². The molecule has 3 heteroatoms. The van der Waals surface area contributed by atoms with Gasteiger partial charge in [-0.25, -0.2) is 0 Å². The topological polar surface area (TPSA) is 33.1 Å². The van der Waals surface area contributed by atoms with E-state index in [0.29, 0.717) is 10.7 Å². The third-order valence-corrected chi connectivity index (χ3v) is 1.37. The summed E-state index contributed by atoms with van der Waals surface area (Å²) >= 11 is 5.55. The molecule has 0 atom stereocenters. The SMILES string of the molecule is C=Cc1cc(Cl)c(O)cn1. The molecule has 1 heterocycles. The number of hydrogen-bond acceptors (Lipinski definition) is 2. The molecule has 0 unspecified atom stereocenters. The minimum absolute atomic E-state index is 0.00716. The van der Waals surface area contributed by atoms with E-state index in [9.17, 15) is 0 Å². The first-order valence-corrected chi connectivity index (χ1v) is 3.09. The maximum atomic E-state index is 8.91. The second-order valence-electron chi connectivity index (χ2n) is 1.76. The second kappa shape index (κ2) is 2.71. The number of nitrogens with zero attached hydrogens (tertiary/aromatic N) is 1. The highest BCUT2D eigenvalue weighted by Crippen LogP contribution is 2.21. The average Bonchev–Trinajstić information content (AvgIpc) is 1.95. The predicted octanol–water partition coefficient (Wildman–Crippen LogP) is 2.08. The van der Waals surface area contributed by atoms with Crippen molar-refractivity contribution in [1.82, 2.24) is 4.98 Å². The zero-order chi connectivity index (χ0) is 7.56. The van der Waals surface area contributed by atoms with Crippen molar-refractivity contribution in [3.8, 4) is 5.75 Å². The van der Waals surface area contributed by atoms with E-state index in [1.807, 2.05) is 0 Å². The maximum absolute atomic E-state index is 8.91. The molecule has 0 spiro atoms. The van der Waals surface area contributed by atoms with Crippen LogP contribution in [0.2, 0.25) is 5.02 Å². The van der Waals surface area contributed by atoms with Gasteiger partial charge >= 0.3 is 0 Å². The molecule has 2 nitrogen and oxygen atoms in total. The molecular weight excluding hydrogens is 150 g/mol. The minimum Gasteiger partial charge on any atom is -0.505 e. The zero-order valence-corrected chi connectivity index (χ0v) is 5.97. The fourth-order valence-corrected chi connectivity index (χ4v) is 0.711. The van der Waals surface area contributed by atoms with Crippen LogP contribution in [0.15, 0.2) is 18.8 Å². The summed E-state index contributed by atoms with van der Waals surface area (Å²) in [6.45, 7) is 3.50. The Kier molecular flexibility index (Phi) is 1.92. The highest BCUT2D eigenvalue weighted by Gasteiger charge is 1.96. The first kappa shape index (κ1) is 7.09. The lowest BCUT2D eigenvalue weighted by Crippen LogP contribution is -1.78. The average molecular weight is 156 g/mol. The smallest absolute Gasteiger partial charge is 0.152 e. The Bertz CT molecular complexity index is 260. The van der Waals surface area contributed by atoms with E-state index in [4.69, 9.17) is 16.7 Å². The molecule has 0 saturated carbocycles. The van der Waals surface area contributed by atoms with Crippen LogP contribution < -0.4 is 0 Å². The standard InChI is InChI=1S/C7H6ClNO/c1-2-5-3-6(8)7(10)4-9-5/h2-4,10H,1H2. The first-order chi connectivity index (χ1) is 4.74. The largest absolute Gasteiger partial charge is 0.505 e. The summed E-state index contributed by atoms with van der Waals surface area (Å²) in [5, 5.41) is 9.21. The normalized spacial score (nSPS) is 9.30. The Hall–Kier alpha value is -1.02. The van der Waals surface area contributed by atoms with Gasteiger partial charge in [0.25, 0.3) is 0 Å². The van der Waals surface area contributed by atoms with Gasteiger partial charge in [-0.3, -0.25) is 4.98 Å². The van der Waals surface area contributed by atoms with Gasteiger partial charge in [-0.05, 0) is 12.1 Å². The molecule has 1 aromatic rings. The van der Waals surface area contributed by atoms with E-state index in [0.717, 1.165) is 0 Å². The summed E-state index contributed by atoms with van der Waals surface area (Å²) in [7, 11) is 0. The molecule has 0 aliphatic heterocycles. The molecule has 1 aromatic heterocycles. The number of rotatable bonds is 1. The molecule has 0 amide bonds. The van der Waals surface area contributed by atoms with E-state index in [1.165, 1.54) is 6.20 Å². The third kappa shape index (κ3) is 1.28. The van der Waals surface area contributed by atoms with Gasteiger partial charge in [-0.2, -0.15) is 0 Å². The molecule has 10 heavy (non-hydrogen) atoms. The Balaban J connectivity index is 3.16. The molecule has 1 rings (SSSR count). The summed E-state index contributed by atoms with van der Waals surface area (Å²) in [4.78, 5) is 3.81. The first-order valence-electron chi connectivity index (χ1n) is 2.71. The highest BCUT2D eigenvalue weighted by molar-refractivity contribution is 6.32. The summed E-state index contributed by atoms with van der Waals surface area (Å²) in [6.07, 6.45) is 2.85. The number of halogens is 1. The molecule has 0 aromatic carbocycles. The Labute approximate surface area is 63.8 Å². The van der Waals surface area contributed by atoms with Crippen LogP contribution >= 0.6 is 11.6 Å². The van der Waals surface area contributed by atoms with Crippen LogP contribution in [0.1, 0.15) is 5.69 Å². The summed E-state index contributed by atoms with van der Waals surface area (Å²) in [5.41, 5.74) is 0.655. The van der Waals surface area contributed by atoms with Crippen LogP contribution in [0.25, 0.3) is 6.08 Å². The van der Waals surface area contributed by atoms with Gasteiger partial charge in [0, 0.05) is 0 Å². The number of aromatic hydroxyl groups is 1. The van der Waals surface area contributed by atoms with Crippen LogP contribution in [0.4, 0.5) is 0 Å². The van der Waals surface area contributed by atoms with Crippen molar-refractivity contribution in [1.29, 1.82) is 0 Å². The molecule has 0 fully saturated rings. The maximum Gasteiger partial charge on any atom is 0.152 e. The van der Waals surface area contributed by atoms with Gasteiger partial charge in [0.15, 0.2) is 5.75 Å². The van der Waals surface area contributed by atoms with Crippen molar-refractivity contribution in [2.45, 2.75) is 0 Å². The molecule has 0 aliphatic rings. The lowest BCUT2D eigenvalue weighted by Gasteiger charge is -1.95. The van der Waals surface area contributed by atoms with E-state index < -0.39 is 0 Å². The lowest BCUT2D eigenvalue weighted by atomic mass is 10.3. The zero-order valence-electron chi connectivity index (χ0n) is 5.21. The lowest BCUT2D eigenvalue weighted by molar-refractivity contribution is 0.473. The van der Waals surface area contributed by atoms with Gasteiger partial charge in [-0.1, -0.05) is 18.2 Å². The monoisotopic (exact) mass is 155 g/mol. The minimum atomic E-state index is -0.00716. The van der Waals surface area contributed by atoms with Crippen LogP contribution in [0.5, 0.6) is 5.75 Å². The predicted molar refractivity (Wildman–Crippen MR) is 41.0 cm³/mol. The van der Waals surface area contributed by atoms with Gasteiger partial charge in [-0.15, -0.1) is 0 Å². The van der Waals surface area contributed by atoms with E-state index >= 15 is 0 Å². The van der Waals surface area contributed by atoms with Crippen LogP contribution in [-0.4, -0.2) is 10.1 Å². The third-order valence-electron chi connectivity index (χ3n) is 1.06. The second-order valence-corrected chi connectivity index (χ2v) is 2.17. The fourth-order valence-electron chi connectivity index (χ4n) is 0.550. The van der Waals surface area contributed by atoms with Gasteiger partial charge in [0.1, 0.15) is 0 Å². The van der Waals surface area contributed by atoms with E-state index in [1.54, 1.807) is 12.1 Å². The summed E-state index contributed by atoms with van der Waals surface area (Å²) in [5.74, 6) is -0.00716. The van der Waals surface area contributed by atoms with Crippen molar-refractivity contribution in [3.05, 3.63) is 29.6 Å². The van der Waals surface area contributed by atoms with Gasteiger partial charge in [0.2, 0.25) is 0 Å². The molecule has 52 valence electrons. The van der Waals surface area contributed by atoms with Crippen molar-refractivity contribution < 1.29 is 5.11 Å². The Morgan fingerprint density at radius 3 is 2.90 bits per heavy atom.